The molecule has 0 bridgehead atoms. The summed E-state index contributed by atoms with van der Waals surface area (Å²) in [5.74, 6) is 3.89. The van der Waals surface area contributed by atoms with E-state index in [0.29, 0.717) is 12.0 Å². The second-order valence-corrected chi connectivity index (χ2v) is 2.17. The molecule has 1 rings (SSSR count). The van der Waals surface area contributed by atoms with Crippen molar-refractivity contribution in [3.8, 4) is 11.8 Å². The van der Waals surface area contributed by atoms with Crippen LogP contribution in [-0.2, 0) is 4.79 Å². The fourth-order valence-electron chi connectivity index (χ4n) is 0.725. The van der Waals surface area contributed by atoms with Gasteiger partial charge in [-0.2, -0.15) is 0 Å². The van der Waals surface area contributed by atoms with Crippen LogP contribution in [0.15, 0.2) is 12.1 Å². The van der Waals surface area contributed by atoms with E-state index in [0.717, 1.165) is 0 Å². The topological polar surface area (TPSA) is 30.0 Å². The zero-order valence-electron chi connectivity index (χ0n) is 6.47. The Labute approximate surface area is 69.4 Å². The van der Waals surface area contributed by atoms with Crippen LogP contribution in [-0.4, -0.2) is 11.3 Å². The first-order chi connectivity index (χ1) is 5.74. The molecule has 1 heterocycles. The molecule has 12 heavy (non-hydrogen) atoms. The van der Waals surface area contributed by atoms with Gasteiger partial charge in [0.05, 0.1) is 0 Å². The summed E-state index contributed by atoms with van der Waals surface area (Å²) >= 11 is 0. The van der Waals surface area contributed by atoms with Crippen LogP contribution < -0.4 is 0 Å². The number of carbonyl (C=O) groups excluding carboxylic acids is 1. The zero-order valence-corrected chi connectivity index (χ0v) is 6.47. The largest absolute Gasteiger partial charge is 0.289 e. The number of carbonyl (C=O) groups is 1. The highest BCUT2D eigenvalue weighted by atomic mass is 19.1. The predicted octanol–water partition coefficient (Wildman–Crippen LogP) is 1.08. The molecule has 0 aliphatic heterocycles. The number of hydrogen-bond acceptors (Lipinski definition) is 2. The molecule has 0 unspecified atom stereocenters. The summed E-state index contributed by atoms with van der Waals surface area (Å²) < 4.78 is 12.8. The number of nitrogens with zero attached hydrogens (tertiary/aromatic N) is 1. The standard InChI is InChI=1S/C9H6FNO/c1-7-4-5-8(10)9(11-7)3-2-6-12/h4-6H,1H3. The summed E-state index contributed by atoms with van der Waals surface area (Å²) in [6.45, 7) is 1.73. The molecule has 0 aliphatic carbocycles. The molecule has 1 aromatic heterocycles. The van der Waals surface area contributed by atoms with Crippen molar-refractivity contribution in [2.45, 2.75) is 6.92 Å². The number of aldehydes is 1. The maximum Gasteiger partial charge on any atom is 0.193 e. The van der Waals surface area contributed by atoms with Gasteiger partial charge >= 0.3 is 0 Å². The third-order valence-electron chi connectivity index (χ3n) is 1.23. The van der Waals surface area contributed by atoms with Crippen LogP contribution in [0.5, 0.6) is 0 Å². The van der Waals surface area contributed by atoms with Gasteiger partial charge in [-0.3, -0.25) is 4.79 Å². The second-order valence-electron chi connectivity index (χ2n) is 2.17. The first-order valence-electron chi connectivity index (χ1n) is 3.32. The van der Waals surface area contributed by atoms with E-state index in [-0.39, 0.29) is 5.69 Å². The van der Waals surface area contributed by atoms with E-state index >= 15 is 0 Å². The van der Waals surface area contributed by atoms with E-state index in [1.54, 1.807) is 13.0 Å². The van der Waals surface area contributed by atoms with Gasteiger partial charge in [0.15, 0.2) is 12.1 Å². The summed E-state index contributed by atoms with van der Waals surface area (Å²) in [7, 11) is 0. The lowest BCUT2D eigenvalue weighted by Gasteiger charge is -1.93. The molecule has 0 saturated heterocycles. The summed E-state index contributed by atoms with van der Waals surface area (Å²) in [6, 6.07) is 2.82. The van der Waals surface area contributed by atoms with Gasteiger partial charge in [0, 0.05) is 5.69 Å². The van der Waals surface area contributed by atoms with Crippen LogP contribution in [0.2, 0.25) is 0 Å². The van der Waals surface area contributed by atoms with Crippen molar-refractivity contribution in [2.75, 3.05) is 0 Å². The molecule has 3 heteroatoms. The molecule has 60 valence electrons. The molecule has 0 radical (unpaired) electrons. The van der Waals surface area contributed by atoms with Gasteiger partial charge in [-0.1, -0.05) is 0 Å². The molecule has 2 nitrogen and oxygen atoms in total. The van der Waals surface area contributed by atoms with Crippen molar-refractivity contribution in [1.29, 1.82) is 0 Å². The number of rotatable bonds is 0. The number of hydrogen-bond donors (Lipinski definition) is 0. The van der Waals surface area contributed by atoms with E-state index in [2.05, 4.69) is 16.8 Å². The van der Waals surface area contributed by atoms with E-state index in [1.165, 1.54) is 6.07 Å². The predicted molar refractivity (Wildman–Crippen MR) is 41.9 cm³/mol. The Morgan fingerprint density at radius 3 is 3.00 bits per heavy atom. The van der Waals surface area contributed by atoms with Crippen LogP contribution in [0.4, 0.5) is 4.39 Å². The average molecular weight is 163 g/mol. The fraction of sp³-hybridized carbons (Fsp3) is 0.111. The second kappa shape index (κ2) is 3.63. The van der Waals surface area contributed by atoms with Crippen molar-refractivity contribution in [3.05, 3.63) is 29.3 Å². The Morgan fingerprint density at radius 2 is 2.33 bits per heavy atom. The Hall–Kier alpha value is -1.69. The van der Waals surface area contributed by atoms with Crippen LogP contribution in [0.1, 0.15) is 11.4 Å². The fourth-order valence-corrected chi connectivity index (χ4v) is 0.725. The van der Waals surface area contributed by atoms with Gasteiger partial charge < -0.3 is 0 Å². The quantitative estimate of drug-likeness (QED) is 0.423. The van der Waals surface area contributed by atoms with Gasteiger partial charge in [-0.15, -0.1) is 0 Å². The molecule has 1 aromatic rings. The molecule has 0 atom stereocenters. The molecule has 0 amide bonds. The molecular formula is C9H6FNO. The van der Waals surface area contributed by atoms with E-state index in [1.807, 2.05) is 0 Å². The van der Waals surface area contributed by atoms with Gasteiger partial charge in [0.2, 0.25) is 0 Å². The zero-order chi connectivity index (χ0) is 8.97. The minimum atomic E-state index is -0.505. The lowest BCUT2D eigenvalue weighted by atomic mass is 10.3. The van der Waals surface area contributed by atoms with E-state index < -0.39 is 5.82 Å². The smallest absolute Gasteiger partial charge is 0.193 e. The molecular weight excluding hydrogens is 157 g/mol. The number of aromatic nitrogens is 1. The number of aryl methyl sites for hydroxylation is 1. The average Bonchev–Trinajstić information content (AvgIpc) is 2.07. The number of pyridine rings is 1. The lowest BCUT2D eigenvalue weighted by molar-refractivity contribution is -0.103. The normalized spacial score (nSPS) is 8.50. The molecule has 0 aromatic carbocycles. The summed E-state index contributed by atoms with van der Waals surface area (Å²) in [5, 5.41) is 0. The first kappa shape index (κ1) is 8.41. The highest BCUT2D eigenvalue weighted by molar-refractivity contribution is 5.73. The van der Waals surface area contributed by atoms with Gasteiger partial charge in [-0.05, 0) is 30.9 Å². The molecule has 0 saturated carbocycles. The van der Waals surface area contributed by atoms with Gasteiger partial charge in [0.25, 0.3) is 0 Å². The third-order valence-corrected chi connectivity index (χ3v) is 1.23. The molecule has 0 aliphatic rings. The maximum absolute atomic E-state index is 12.8. The monoisotopic (exact) mass is 163 g/mol. The maximum atomic E-state index is 12.8. The summed E-state index contributed by atoms with van der Waals surface area (Å²) in [6.07, 6.45) is 0.406. The third kappa shape index (κ3) is 1.89. The van der Waals surface area contributed by atoms with Gasteiger partial charge in [-0.25, -0.2) is 9.37 Å². The van der Waals surface area contributed by atoms with Crippen molar-refractivity contribution in [3.63, 3.8) is 0 Å². The minimum absolute atomic E-state index is 0.0158. The Kier molecular flexibility index (Phi) is 2.54. The van der Waals surface area contributed by atoms with Crippen molar-refractivity contribution in [2.24, 2.45) is 0 Å². The SMILES string of the molecule is Cc1ccc(F)c(C#CC=O)n1. The Morgan fingerprint density at radius 1 is 1.58 bits per heavy atom. The van der Waals surface area contributed by atoms with E-state index in [4.69, 9.17) is 0 Å². The van der Waals surface area contributed by atoms with Crippen LogP contribution in [0.3, 0.4) is 0 Å². The molecule has 0 spiro atoms. The Balaban J connectivity index is 3.13. The lowest BCUT2D eigenvalue weighted by Crippen LogP contribution is -1.91. The van der Waals surface area contributed by atoms with Crippen molar-refractivity contribution in [1.82, 2.24) is 4.98 Å². The highest BCUT2D eigenvalue weighted by Gasteiger charge is 1.98. The van der Waals surface area contributed by atoms with Crippen LogP contribution in [0.25, 0.3) is 0 Å². The first-order valence-corrected chi connectivity index (χ1v) is 3.32. The van der Waals surface area contributed by atoms with Crippen molar-refractivity contribution >= 4 is 6.29 Å². The summed E-state index contributed by atoms with van der Waals surface area (Å²) in [4.78, 5) is 13.7. The highest BCUT2D eigenvalue weighted by Crippen LogP contribution is 2.03. The van der Waals surface area contributed by atoms with Gasteiger partial charge in [0.1, 0.15) is 5.69 Å². The van der Waals surface area contributed by atoms with Crippen LogP contribution >= 0.6 is 0 Å². The summed E-state index contributed by atoms with van der Waals surface area (Å²) in [5.41, 5.74) is 0.689. The van der Waals surface area contributed by atoms with E-state index in [9.17, 15) is 9.18 Å². The molecule has 0 fully saturated rings. The molecule has 0 N–H and O–H groups in total. The Bertz CT molecular complexity index is 363. The minimum Gasteiger partial charge on any atom is -0.289 e. The van der Waals surface area contributed by atoms with Crippen molar-refractivity contribution < 1.29 is 9.18 Å². The van der Waals surface area contributed by atoms with Crippen LogP contribution in [0, 0.1) is 24.6 Å². The number of halogens is 1.